The fraction of sp³-hybridized carbons (Fsp3) is 0.458. The van der Waals surface area contributed by atoms with Crippen LogP contribution in [0.5, 0.6) is 0 Å². The summed E-state index contributed by atoms with van der Waals surface area (Å²) in [6.07, 6.45) is 2.65. The highest BCUT2D eigenvalue weighted by molar-refractivity contribution is 9.10. The molecule has 31 heavy (non-hydrogen) atoms. The first kappa shape index (κ1) is 20.9. The molecule has 3 heterocycles. The fourth-order valence-corrected chi connectivity index (χ4v) is 5.51. The Morgan fingerprint density at radius 1 is 1.10 bits per heavy atom. The Morgan fingerprint density at radius 3 is 2.52 bits per heavy atom. The number of hydrogen-bond acceptors (Lipinski definition) is 4. The lowest BCUT2D eigenvalue weighted by Crippen LogP contribution is -2.56. The minimum absolute atomic E-state index is 0.0511. The Balaban J connectivity index is 1.19. The molecule has 1 N–H and O–H groups in total. The van der Waals surface area contributed by atoms with Crippen molar-refractivity contribution >= 4 is 27.5 Å². The van der Waals surface area contributed by atoms with Crippen LogP contribution in [0.4, 0.5) is 10.1 Å². The third-order valence-electron chi connectivity index (χ3n) is 7.00. The number of likely N-dealkylation sites (tertiary alicyclic amines) is 1. The van der Waals surface area contributed by atoms with Crippen LogP contribution in [0.25, 0.3) is 0 Å². The average molecular weight is 488 g/mol. The van der Waals surface area contributed by atoms with Crippen molar-refractivity contribution in [2.75, 3.05) is 37.8 Å². The minimum Gasteiger partial charge on any atom is -0.373 e. The highest BCUT2D eigenvalue weighted by atomic mass is 79.9. The number of halogens is 2. The van der Waals surface area contributed by atoms with Gasteiger partial charge >= 0.3 is 0 Å². The first-order chi connectivity index (χ1) is 15.0. The molecule has 3 fully saturated rings. The topological polar surface area (TPSA) is 44.8 Å². The number of benzene rings is 2. The van der Waals surface area contributed by atoms with E-state index in [4.69, 9.17) is 4.74 Å². The van der Waals surface area contributed by atoms with Gasteiger partial charge in [-0.1, -0.05) is 28.1 Å². The van der Waals surface area contributed by atoms with Crippen LogP contribution < -0.4 is 10.2 Å². The maximum atomic E-state index is 13.2. The number of ether oxygens (including phenoxy) is 1. The molecule has 2 aromatic carbocycles. The van der Waals surface area contributed by atoms with Crippen LogP contribution in [0.3, 0.4) is 0 Å². The number of nitrogens with zero attached hydrogens (tertiary/aromatic N) is 2. The molecule has 3 saturated heterocycles. The van der Waals surface area contributed by atoms with Crippen LogP contribution in [0, 0.1) is 11.7 Å². The molecule has 1 spiro atoms. The van der Waals surface area contributed by atoms with Gasteiger partial charge in [0.2, 0.25) is 5.91 Å². The van der Waals surface area contributed by atoms with Gasteiger partial charge in [-0.3, -0.25) is 4.79 Å². The van der Waals surface area contributed by atoms with E-state index in [-0.39, 0.29) is 17.8 Å². The molecule has 0 aromatic heterocycles. The van der Waals surface area contributed by atoms with Crippen LogP contribution in [0.15, 0.2) is 53.0 Å². The fourth-order valence-electron chi connectivity index (χ4n) is 5.24. The molecular formula is C24H27BrFN3O2. The zero-order chi connectivity index (χ0) is 21.4. The molecule has 0 aliphatic carbocycles. The monoisotopic (exact) mass is 487 g/mol. The second-order valence-electron chi connectivity index (χ2n) is 8.88. The molecule has 3 aliphatic heterocycles. The van der Waals surface area contributed by atoms with Gasteiger partial charge in [0.15, 0.2) is 0 Å². The molecule has 2 aromatic rings. The normalized spacial score (nSPS) is 25.9. The zero-order valence-electron chi connectivity index (χ0n) is 17.4. The van der Waals surface area contributed by atoms with Crippen molar-refractivity contribution in [1.82, 2.24) is 10.2 Å². The van der Waals surface area contributed by atoms with Crippen LogP contribution >= 0.6 is 15.9 Å². The van der Waals surface area contributed by atoms with Gasteiger partial charge in [0, 0.05) is 29.8 Å². The summed E-state index contributed by atoms with van der Waals surface area (Å²) in [6, 6.07) is 14.8. The molecule has 2 unspecified atom stereocenters. The van der Waals surface area contributed by atoms with Crippen LogP contribution in [0.1, 0.15) is 30.9 Å². The SMILES string of the molecule is O=C1NCN(c2ccc(Br)cc2)C12CCN(CC1COC(c3ccc(F)cc3)C1)CC2. The summed E-state index contributed by atoms with van der Waals surface area (Å²) in [5, 5.41) is 3.07. The molecule has 1 amide bonds. The Labute approximate surface area is 190 Å². The Kier molecular flexibility index (Phi) is 5.75. The van der Waals surface area contributed by atoms with E-state index in [1.807, 2.05) is 24.3 Å². The summed E-state index contributed by atoms with van der Waals surface area (Å²) in [5.41, 5.74) is 1.68. The predicted octanol–water partition coefficient (Wildman–Crippen LogP) is 4.09. The minimum atomic E-state index is -0.451. The summed E-state index contributed by atoms with van der Waals surface area (Å²) in [4.78, 5) is 17.6. The van der Waals surface area contributed by atoms with E-state index >= 15 is 0 Å². The molecule has 3 aliphatic rings. The van der Waals surface area contributed by atoms with E-state index in [1.165, 1.54) is 12.1 Å². The first-order valence-corrected chi connectivity index (χ1v) is 11.7. The first-order valence-electron chi connectivity index (χ1n) is 10.9. The van der Waals surface area contributed by atoms with Gasteiger partial charge in [-0.2, -0.15) is 0 Å². The van der Waals surface area contributed by atoms with Gasteiger partial charge in [0.1, 0.15) is 11.4 Å². The molecule has 0 radical (unpaired) electrons. The van der Waals surface area contributed by atoms with E-state index in [0.29, 0.717) is 12.6 Å². The van der Waals surface area contributed by atoms with E-state index in [9.17, 15) is 9.18 Å². The molecule has 7 heteroatoms. The zero-order valence-corrected chi connectivity index (χ0v) is 19.0. The summed E-state index contributed by atoms with van der Waals surface area (Å²) in [7, 11) is 0. The Hall–Kier alpha value is -1.96. The molecule has 164 valence electrons. The molecule has 5 rings (SSSR count). The summed E-state index contributed by atoms with van der Waals surface area (Å²) >= 11 is 3.49. The van der Waals surface area contributed by atoms with Gasteiger partial charge < -0.3 is 19.9 Å². The number of nitrogens with one attached hydrogen (secondary N) is 1. The number of anilines is 1. The number of hydrogen-bond donors (Lipinski definition) is 1. The summed E-state index contributed by atoms with van der Waals surface area (Å²) in [6.45, 7) is 4.08. The maximum Gasteiger partial charge on any atom is 0.247 e. The van der Waals surface area contributed by atoms with Gasteiger partial charge in [0.05, 0.1) is 19.4 Å². The number of carbonyl (C=O) groups is 1. The largest absolute Gasteiger partial charge is 0.373 e. The van der Waals surface area contributed by atoms with E-state index in [1.54, 1.807) is 0 Å². The molecule has 0 saturated carbocycles. The number of amides is 1. The van der Waals surface area contributed by atoms with E-state index < -0.39 is 5.54 Å². The Morgan fingerprint density at radius 2 is 1.81 bits per heavy atom. The highest BCUT2D eigenvalue weighted by Gasteiger charge is 2.50. The lowest BCUT2D eigenvalue weighted by molar-refractivity contribution is -0.125. The molecule has 5 nitrogen and oxygen atoms in total. The number of rotatable bonds is 4. The number of carbonyl (C=O) groups excluding carboxylic acids is 1. The van der Waals surface area contributed by atoms with Crippen LogP contribution in [0.2, 0.25) is 0 Å². The Bertz CT molecular complexity index is 929. The van der Waals surface area contributed by atoms with Crippen LogP contribution in [-0.4, -0.2) is 49.3 Å². The van der Waals surface area contributed by atoms with E-state index in [0.717, 1.165) is 61.2 Å². The van der Waals surface area contributed by atoms with Crippen molar-refractivity contribution in [2.24, 2.45) is 5.92 Å². The van der Waals surface area contributed by atoms with E-state index in [2.05, 4.69) is 43.2 Å². The average Bonchev–Trinajstić information content (AvgIpc) is 3.36. The van der Waals surface area contributed by atoms with Gasteiger partial charge in [-0.15, -0.1) is 0 Å². The van der Waals surface area contributed by atoms with Crippen LogP contribution in [-0.2, 0) is 9.53 Å². The van der Waals surface area contributed by atoms with Gasteiger partial charge in [-0.25, -0.2) is 4.39 Å². The second-order valence-corrected chi connectivity index (χ2v) is 9.79. The third-order valence-corrected chi connectivity index (χ3v) is 7.53. The van der Waals surface area contributed by atoms with Crippen molar-refractivity contribution in [3.63, 3.8) is 0 Å². The standard InChI is InChI=1S/C24H27BrFN3O2/c25-19-3-7-21(8-4-19)29-16-27-23(30)24(29)9-11-28(12-10-24)14-17-13-22(31-15-17)18-1-5-20(26)6-2-18/h1-8,17,22H,9-16H2,(H,27,30). The quantitative estimate of drug-likeness (QED) is 0.705. The van der Waals surface area contributed by atoms with Crippen molar-refractivity contribution in [3.05, 3.63) is 64.4 Å². The van der Waals surface area contributed by atoms with Gasteiger partial charge in [-0.05, 0) is 67.1 Å². The second kappa shape index (κ2) is 8.52. The lowest BCUT2D eigenvalue weighted by Gasteiger charge is -2.43. The predicted molar refractivity (Wildman–Crippen MR) is 121 cm³/mol. The van der Waals surface area contributed by atoms with Gasteiger partial charge in [0.25, 0.3) is 0 Å². The number of piperidine rings is 1. The smallest absolute Gasteiger partial charge is 0.247 e. The lowest BCUT2D eigenvalue weighted by atomic mass is 9.85. The third kappa shape index (κ3) is 4.11. The van der Waals surface area contributed by atoms with Crippen molar-refractivity contribution in [3.8, 4) is 0 Å². The summed E-state index contributed by atoms with van der Waals surface area (Å²) < 4.78 is 20.2. The molecule has 0 bridgehead atoms. The van der Waals surface area contributed by atoms with Crippen molar-refractivity contribution < 1.29 is 13.9 Å². The maximum absolute atomic E-state index is 13.2. The highest BCUT2D eigenvalue weighted by Crippen LogP contribution is 2.38. The van der Waals surface area contributed by atoms with Crippen molar-refractivity contribution in [1.29, 1.82) is 0 Å². The molecular weight excluding hydrogens is 461 g/mol. The van der Waals surface area contributed by atoms with Crippen molar-refractivity contribution in [2.45, 2.75) is 30.9 Å². The summed E-state index contributed by atoms with van der Waals surface area (Å²) in [5.74, 6) is 0.397. The molecule has 2 atom stereocenters.